The molecule has 0 radical (unpaired) electrons. The van der Waals surface area contributed by atoms with E-state index in [2.05, 4.69) is 88.7 Å². The van der Waals surface area contributed by atoms with Crippen LogP contribution in [0.15, 0.2) is 91.1 Å². The van der Waals surface area contributed by atoms with E-state index in [1.807, 2.05) is 12.3 Å². The fourth-order valence-corrected chi connectivity index (χ4v) is 3.51. The van der Waals surface area contributed by atoms with E-state index < -0.39 is 0 Å². The fraction of sp³-hybridized carbons (Fsp3) is 0.0455. The number of aromatic nitrogens is 1. The van der Waals surface area contributed by atoms with Gasteiger partial charge in [0.2, 0.25) is 0 Å². The van der Waals surface area contributed by atoms with E-state index in [9.17, 15) is 0 Å². The van der Waals surface area contributed by atoms with Crippen molar-refractivity contribution in [3.63, 3.8) is 0 Å². The van der Waals surface area contributed by atoms with Crippen molar-refractivity contribution in [2.75, 3.05) is 16.5 Å². The monoisotopic (exact) mass is 323 g/mol. The molecule has 1 aliphatic heterocycles. The number of anilines is 4. The van der Waals surface area contributed by atoms with E-state index in [-0.39, 0.29) is 0 Å². The maximum atomic E-state index is 4.81. The van der Waals surface area contributed by atoms with E-state index in [0.717, 1.165) is 23.6 Å². The normalized spacial score (nSPS) is 13.3. The predicted octanol–water partition coefficient (Wildman–Crippen LogP) is 5.48. The lowest BCUT2D eigenvalue weighted by atomic mass is 10.1. The molecule has 0 saturated carbocycles. The summed E-state index contributed by atoms with van der Waals surface area (Å²) in [6.07, 6.45) is 1.97. The van der Waals surface area contributed by atoms with E-state index in [0.29, 0.717) is 0 Å². The quantitative estimate of drug-likeness (QED) is 0.487. The SMILES string of the molecule is c1ccc(N2CN(c3ccccc3)c3c2ncc2ccccc32)cc1. The molecule has 0 aliphatic carbocycles. The highest BCUT2D eigenvalue weighted by atomic mass is 15.4. The molecule has 0 saturated heterocycles. The maximum Gasteiger partial charge on any atom is 0.159 e. The topological polar surface area (TPSA) is 19.4 Å². The van der Waals surface area contributed by atoms with Gasteiger partial charge in [0, 0.05) is 28.3 Å². The lowest BCUT2D eigenvalue weighted by Gasteiger charge is -2.21. The molecule has 1 aromatic heterocycles. The smallest absolute Gasteiger partial charge is 0.159 e. The van der Waals surface area contributed by atoms with Gasteiger partial charge in [0.05, 0.1) is 5.69 Å². The van der Waals surface area contributed by atoms with Crippen LogP contribution in [0.4, 0.5) is 22.9 Å². The minimum atomic E-state index is 0.754. The summed E-state index contributed by atoms with van der Waals surface area (Å²) < 4.78 is 0. The van der Waals surface area contributed by atoms with Crippen LogP contribution in [0, 0.1) is 0 Å². The molecule has 0 bridgehead atoms. The van der Waals surface area contributed by atoms with Gasteiger partial charge in [-0.1, -0.05) is 60.7 Å². The Morgan fingerprint density at radius 2 is 1.24 bits per heavy atom. The Labute approximate surface area is 146 Å². The Morgan fingerprint density at radius 1 is 0.640 bits per heavy atom. The minimum Gasteiger partial charge on any atom is -0.319 e. The van der Waals surface area contributed by atoms with Crippen molar-refractivity contribution in [1.82, 2.24) is 4.98 Å². The second-order valence-electron chi connectivity index (χ2n) is 6.19. The number of rotatable bonds is 2. The van der Waals surface area contributed by atoms with E-state index in [1.54, 1.807) is 0 Å². The van der Waals surface area contributed by atoms with Gasteiger partial charge in [-0.3, -0.25) is 0 Å². The van der Waals surface area contributed by atoms with E-state index in [4.69, 9.17) is 4.98 Å². The molecule has 3 aromatic carbocycles. The summed E-state index contributed by atoms with van der Waals surface area (Å²) >= 11 is 0. The van der Waals surface area contributed by atoms with Crippen LogP contribution in [0.2, 0.25) is 0 Å². The second-order valence-corrected chi connectivity index (χ2v) is 6.19. The number of hydrogen-bond donors (Lipinski definition) is 0. The summed E-state index contributed by atoms with van der Waals surface area (Å²) in [4.78, 5) is 9.42. The first-order valence-corrected chi connectivity index (χ1v) is 8.45. The summed E-state index contributed by atoms with van der Waals surface area (Å²) in [5, 5.41) is 2.40. The lowest BCUT2D eigenvalue weighted by Crippen LogP contribution is -2.24. The van der Waals surface area contributed by atoms with Gasteiger partial charge in [0.1, 0.15) is 6.67 Å². The van der Waals surface area contributed by atoms with Crippen molar-refractivity contribution in [2.24, 2.45) is 0 Å². The maximum absolute atomic E-state index is 4.81. The van der Waals surface area contributed by atoms with E-state index >= 15 is 0 Å². The Kier molecular flexibility index (Phi) is 3.17. The van der Waals surface area contributed by atoms with Gasteiger partial charge in [0.15, 0.2) is 5.82 Å². The third-order valence-corrected chi connectivity index (χ3v) is 4.70. The number of benzene rings is 3. The predicted molar refractivity (Wildman–Crippen MR) is 104 cm³/mol. The molecule has 0 unspecified atom stereocenters. The molecule has 5 rings (SSSR count). The molecule has 0 N–H and O–H groups in total. The number of hydrogen-bond acceptors (Lipinski definition) is 3. The molecular weight excluding hydrogens is 306 g/mol. The lowest BCUT2D eigenvalue weighted by molar-refractivity contribution is 0.982. The van der Waals surface area contributed by atoms with Crippen molar-refractivity contribution in [1.29, 1.82) is 0 Å². The molecule has 0 spiro atoms. The zero-order valence-electron chi connectivity index (χ0n) is 13.7. The van der Waals surface area contributed by atoms with Crippen molar-refractivity contribution < 1.29 is 0 Å². The fourth-order valence-electron chi connectivity index (χ4n) is 3.51. The van der Waals surface area contributed by atoms with Gasteiger partial charge in [-0.05, 0) is 24.3 Å². The molecule has 4 aromatic rings. The highest BCUT2D eigenvalue weighted by Crippen LogP contribution is 2.46. The van der Waals surface area contributed by atoms with Crippen LogP contribution in [-0.4, -0.2) is 11.7 Å². The minimum absolute atomic E-state index is 0.754. The first kappa shape index (κ1) is 14.1. The van der Waals surface area contributed by atoms with Crippen LogP contribution in [0.25, 0.3) is 10.8 Å². The number of fused-ring (bicyclic) bond motifs is 3. The van der Waals surface area contributed by atoms with Gasteiger partial charge in [-0.15, -0.1) is 0 Å². The van der Waals surface area contributed by atoms with Crippen LogP contribution in [0.3, 0.4) is 0 Å². The largest absolute Gasteiger partial charge is 0.319 e. The van der Waals surface area contributed by atoms with Crippen LogP contribution in [0.5, 0.6) is 0 Å². The summed E-state index contributed by atoms with van der Waals surface area (Å²) in [6.45, 7) is 0.754. The molecular formula is C22H17N3. The number of pyridine rings is 1. The first-order valence-electron chi connectivity index (χ1n) is 8.45. The average Bonchev–Trinajstić information content (AvgIpc) is 3.09. The van der Waals surface area contributed by atoms with Crippen molar-refractivity contribution >= 4 is 33.7 Å². The molecule has 25 heavy (non-hydrogen) atoms. The summed E-state index contributed by atoms with van der Waals surface area (Å²) in [6, 6.07) is 29.4. The second kappa shape index (κ2) is 5.64. The third-order valence-electron chi connectivity index (χ3n) is 4.70. The summed E-state index contributed by atoms with van der Waals surface area (Å²) in [5.41, 5.74) is 3.51. The molecule has 1 aliphatic rings. The molecule has 120 valence electrons. The van der Waals surface area contributed by atoms with E-state index in [1.165, 1.54) is 16.8 Å². The Hall–Kier alpha value is -3.33. The van der Waals surface area contributed by atoms with Crippen molar-refractivity contribution in [2.45, 2.75) is 0 Å². The van der Waals surface area contributed by atoms with Crippen molar-refractivity contribution in [3.05, 3.63) is 91.1 Å². The van der Waals surface area contributed by atoms with Crippen molar-refractivity contribution in [3.8, 4) is 0 Å². The first-order chi connectivity index (χ1) is 12.4. The molecule has 0 fully saturated rings. The highest BCUT2D eigenvalue weighted by Gasteiger charge is 2.30. The number of nitrogens with zero attached hydrogens (tertiary/aromatic N) is 3. The van der Waals surface area contributed by atoms with Crippen LogP contribution < -0.4 is 9.80 Å². The molecule has 3 heteroatoms. The van der Waals surface area contributed by atoms with Crippen LogP contribution in [-0.2, 0) is 0 Å². The summed E-state index contributed by atoms with van der Waals surface area (Å²) in [5.74, 6) is 1.01. The standard InChI is InChI=1S/C22H17N3/c1-3-10-18(11-4-1)24-16-25(19-12-5-2-6-13-19)22-21(24)20-14-8-7-9-17(20)15-23-22/h1-15H,16H2. The third kappa shape index (κ3) is 2.24. The molecule has 0 atom stereocenters. The number of para-hydroxylation sites is 2. The molecule has 2 heterocycles. The van der Waals surface area contributed by atoms with Crippen LogP contribution >= 0.6 is 0 Å². The zero-order chi connectivity index (χ0) is 16.6. The Balaban J connectivity index is 1.76. The molecule has 0 amide bonds. The van der Waals surface area contributed by atoms with Gasteiger partial charge in [-0.2, -0.15) is 0 Å². The highest BCUT2D eigenvalue weighted by molar-refractivity contribution is 6.03. The zero-order valence-corrected chi connectivity index (χ0v) is 13.7. The van der Waals surface area contributed by atoms with Gasteiger partial charge in [-0.25, -0.2) is 4.98 Å². The van der Waals surface area contributed by atoms with Gasteiger partial charge < -0.3 is 9.80 Å². The Morgan fingerprint density at radius 3 is 1.96 bits per heavy atom. The summed E-state index contributed by atoms with van der Waals surface area (Å²) in [7, 11) is 0. The molecule has 3 nitrogen and oxygen atoms in total. The van der Waals surface area contributed by atoms with Gasteiger partial charge >= 0.3 is 0 Å². The average molecular weight is 323 g/mol. The van der Waals surface area contributed by atoms with Crippen LogP contribution in [0.1, 0.15) is 0 Å². The van der Waals surface area contributed by atoms with Gasteiger partial charge in [0.25, 0.3) is 0 Å². The Bertz CT molecular complexity index is 1030.